The molecule has 1 aliphatic heterocycles. The number of nitrogens with zero attached hydrogens (tertiary/aromatic N) is 4. The lowest BCUT2D eigenvalue weighted by Crippen LogP contribution is -2.44. The van der Waals surface area contributed by atoms with E-state index in [4.69, 9.17) is 0 Å². The molecule has 0 N–H and O–H groups in total. The minimum Gasteiger partial charge on any atom is -0.328 e. The Morgan fingerprint density at radius 3 is 2.64 bits per heavy atom. The van der Waals surface area contributed by atoms with Crippen LogP contribution < -0.4 is 0 Å². The SMILES string of the molecule is CC(=O)c1nn(CC(=O)N2[C@@H]3C[C@@H]3C[C@H]2C(=O)CCC2CCC(C)(C)CC2)c2cnccc12. The van der Waals surface area contributed by atoms with Crippen LogP contribution in [0.3, 0.4) is 0 Å². The molecule has 7 heteroatoms. The quantitative estimate of drug-likeness (QED) is 0.591. The van der Waals surface area contributed by atoms with Crippen LogP contribution in [0.5, 0.6) is 0 Å². The predicted octanol–water partition coefficient (Wildman–Crippen LogP) is 4.19. The number of pyridine rings is 1. The van der Waals surface area contributed by atoms with Gasteiger partial charge in [-0.25, -0.2) is 0 Å². The van der Waals surface area contributed by atoms with Crippen molar-refractivity contribution in [3.63, 3.8) is 0 Å². The summed E-state index contributed by atoms with van der Waals surface area (Å²) < 4.78 is 1.57. The molecule has 33 heavy (non-hydrogen) atoms. The van der Waals surface area contributed by atoms with E-state index in [9.17, 15) is 14.4 Å². The Hall–Kier alpha value is -2.57. The largest absolute Gasteiger partial charge is 0.328 e. The molecule has 3 aliphatic rings. The lowest BCUT2D eigenvalue weighted by molar-refractivity contribution is -0.139. The third-order valence-electron chi connectivity index (χ3n) is 8.19. The van der Waals surface area contributed by atoms with Gasteiger partial charge in [-0.15, -0.1) is 0 Å². The molecule has 0 radical (unpaired) electrons. The Morgan fingerprint density at radius 2 is 1.91 bits per heavy atom. The highest BCUT2D eigenvalue weighted by molar-refractivity contribution is 6.04. The van der Waals surface area contributed by atoms with E-state index < -0.39 is 0 Å². The van der Waals surface area contributed by atoms with Crippen LogP contribution in [0.15, 0.2) is 18.5 Å². The van der Waals surface area contributed by atoms with Crippen LogP contribution in [-0.2, 0) is 16.1 Å². The number of carbonyl (C=O) groups is 3. The summed E-state index contributed by atoms with van der Waals surface area (Å²) in [6.07, 6.45) is 11.5. The van der Waals surface area contributed by atoms with Crippen LogP contribution in [0.2, 0.25) is 0 Å². The zero-order chi connectivity index (χ0) is 23.3. The van der Waals surface area contributed by atoms with E-state index in [1.54, 1.807) is 23.1 Å². The van der Waals surface area contributed by atoms with Gasteiger partial charge in [-0.05, 0) is 68.3 Å². The number of hydrogen-bond donors (Lipinski definition) is 0. The Morgan fingerprint density at radius 1 is 1.15 bits per heavy atom. The van der Waals surface area contributed by atoms with Crippen LogP contribution in [0.4, 0.5) is 0 Å². The summed E-state index contributed by atoms with van der Waals surface area (Å²) in [5.74, 6) is 1.09. The topological polar surface area (TPSA) is 85.2 Å². The highest BCUT2D eigenvalue weighted by Gasteiger charge is 2.55. The molecule has 176 valence electrons. The summed E-state index contributed by atoms with van der Waals surface area (Å²) in [4.78, 5) is 44.6. The number of aromatic nitrogens is 3. The van der Waals surface area contributed by atoms with Crippen LogP contribution in [0.25, 0.3) is 10.9 Å². The van der Waals surface area contributed by atoms with E-state index in [0.717, 1.165) is 19.3 Å². The maximum absolute atomic E-state index is 13.4. The lowest BCUT2D eigenvalue weighted by atomic mass is 9.72. The van der Waals surface area contributed by atoms with Gasteiger partial charge in [0.15, 0.2) is 11.6 Å². The predicted molar refractivity (Wildman–Crippen MR) is 125 cm³/mol. The zero-order valence-corrected chi connectivity index (χ0v) is 19.9. The molecule has 0 bridgehead atoms. The molecule has 1 amide bonds. The van der Waals surface area contributed by atoms with E-state index in [0.29, 0.717) is 40.3 Å². The number of fused-ring (bicyclic) bond motifs is 2. The number of likely N-dealkylation sites (tertiary alicyclic amines) is 1. The molecule has 5 rings (SSSR count). The fourth-order valence-corrected chi connectivity index (χ4v) is 5.97. The fraction of sp³-hybridized carbons (Fsp3) is 0.654. The van der Waals surface area contributed by atoms with E-state index >= 15 is 0 Å². The molecule has 0 spiro atoms. The van der Waals surface area contributed by atoms with Crippen LogP contribution in [-0.4, -0.2) is 49.2 Å². The Labute approximate surface area is 194 Å². The van der Waals surface area contributed by atoms with Crippen molar-refractivity contribution in [1.29, 1.82) is 0 Å². The zero-order valence-electron chi connectivity index (χ0n) is 19.9. The highest BCUT2D eigenvalue weighted by atomic mass is 16.2. The number of amides is 1. The standard InChI is InChI=1S/C26H34N4O3/c1-16(31)25-19-8-11-27-14-22(19)29(28-25)15-24(33)30-20-12-18(20)13-21(30)23(32)5-4-17-6-9-26(2,3)10-7-17/h8,11,14,17-18,20-21H,4-7,9-10,12-13,15H2,1-3H3/t18-,20-,21+/m1/s1. The van der Waals surface area contributed by atoms with E-state index in [1.807, 2.05) is 4.90 Å². The molecule has 2 aliphatic carbocycles. The minimum absolute atomic E-state index is 0.0280. The monoisotopic (exact) mass is 450 g/mol. The molecule has 2 saturated carbocycles. The average molecular weight is 451 g/mol. The van der Waals surface area contributed by atoms with Gasteiger partial charge in [-0.1, -0.05) is 13.8 Å². The van der Waals surface area contributed by atoms with Crippen molar-refractivity contribution in [3.8, 4) is 0 Å². The molecule has 3 heterocycles. The molecule has 7 nitrogen and oxygen atoms in total. The van der Waals surface area contributed by atoms with Gasteiger partial charge >= 0.3 is 0 Å². The second kappa shape index (κ2) is 8.33. The van der Waals surface area contributed by atoms with Gasteiger partial charge in [0.05, 0.1) is 17.8 Å². The molecule has 3 atom stereocenters. The normalized spacial score (nSPS) is 26.4. The third-order valence-corrected chi connectivity index (χ3v) is 8.19. The van der Waals surface area contributed by atoms with Crippen molar-refractivity contribution < 1.29 is 14.4 Å². The van der Waals surface area contributed by atoms with Crippen LogP contribution in [0, 0.1) is 17.3 Å². The number of Topliss-reactive ketones (excluding diaryl/α,β-unsaturated/α-hetero) is 2. The van der Waals surface area contributed by atoms with E-state index in [2.05, 4.69) is 23.9 Å². The van der Waals surface area contributed by atoms with E-state index in [1.165, 1.54) is 32.6 Å². The summed E-state index contributed by atoms with van der Waals surface area (Å²) in [7, 11) is 0. The maximum atomic E-state index is 13.4. The van der Waals surface area contributed by atoms with Crippen molar-refractivity contribution in [2.45, 2.75) is 90.8 Å². The first-order valence-electron chi connectivity index (χ1n) is 12.4. The van der Waals surface area contributed by atoms with Gasteiger partial charge in [0, 0.05) is 31.0 Å². The molecule has 2 aromatic heterocycles. The number of rotatable bonds is 7. The fourth-order valence-electron chi connectivity index (χ4n) is 5.97. The average Bonchev–Trinajstić information content (AvgIpc) is 3.28. The Bertz CT molecular complexity index is 1090. The number of piperidine rings is 1. The summed E-state index contributed by atoms with van der Waals surface area (Å²) in [6.45, 7) is 6.17. The lowest BCUT2D eigenvalue weighted by Gasteiger charge is -2.34. The number of carbonyl (C=O) groups excluding carboxylic acids is 3. The first-order valence-corrected chi connectivity index (χ1v) is 12.4. The highest BCUT2D eigenvalue weighted by Crippen LogP contribution is 2.48. The molecular formula is C26H34N4O3. The van der Waals surface area contributed by atoms with Crippen molar-refractivity contribution in [2.75, 3.05) is 0 Å². The Balaban J connectivity index is 1.26. The molecule has 0 aromatic carbocycles. The maximum Gasteiger partial charge on any atom is 0.245 e. The molecule has 2 aromatic rings. The van der Waals surface area contributed by atoms with Crippen LogP contribution >= 0.6 is 0 Å². The molecular weight excluding hydrogens is 416 g/mol. The van der Waals surface area contributed by atoms with Crippen molar-refractivity contribution in [1.82, 2.24) is 19.7 Å². The van der Waals surface area contributed by atoms with Gasteiger partial charge in [0.25, 0.3) is 0 Å². The third kappa shape index (κ3) is 4.34. The summed E-state index contributed by atoms with van der Waals surface area (Å²) in [5.41, 5.74) is 1.46. The smallest absolute Gasteiger partial charge is 0.245 e. The number of ketones is 2. The van der Waals surface area contributed by atoms with Gasteiger partial charge in [0.1, 0.15) is 12.2 Å². The van der Waals surface area contributed by atoms with Gasteiger partial charge in [-0.3, -0.25) is 24.0 Å². The summed E-state index contributed by atoms with van der Waals surface area (Å²) in [6, 6.07) is 1.65. The Kier molecular flexibility index (Phi) is 5.61. The second-order valence-electron chi connectivity index (χ2n) is 11.2. The van der Waals surface area contributed by atoms with Gasteiger partial charge in [0.2, 0.25) is 5.91 Å². The first-order chi connectivity index (χ1) is 15.7. The molecule has 3 fully saturated rings. The van der Waals surface area contributed by atoms with E-state index in [-0.39, 0.29) is 36.1 Å². The van der Waals surface area contributed by atoms with Crippen molar-refractivity contribution in [3.05, 3.63) is 24.2 Å². The van der Waals surface area contributed by atoms with Crippen molar-refractivity contribution >= 4 is 28.4 Å². The minimum atomic E-state index is -0.298. The molecule has 0 unspecified atom stereocenters. The van der Waals surface area contributed by atoms with Gasteiger partial charge < -0.3 is 4.90 Å². The van der Waals surface area contributed by atoms with Crippen molar-refractivity contribution in [2.24, 2.45) is 17.3 Å². The summed E-state index contributed by atoms with van der Waals surface area (Å²) in [5, 5.41) is 5.12. The number of hydrogen-bond acceptors (Lipinski definition) is 5. The first kappa shape index (κ1) is 22.2. The summed E-state index contributed by atoms with van der Waals surface area (Å²) >= 11 is 0. The van der Waals surface area contributed by atoms with Gasteiger partial charge in [-0.2, -0.15) is 5.10 Å². The van der Waals surface area contributed by atoms with Crippen LogP contribution in [0.1, 0.15) is 82.6 Å². The molecule has 1 saturated heterocycles. The second-order valence-corrected chi connectivity index (χ2v) is 11.2.